The van der Waals surface area contributed by atoms with E-state index in [0.717, 1.165) is 27.8 Å². The number of amides is 1. The molecule has 11 heteroatoms. The number of aryl methyl sites for hydroxylation is 1. The standard InChI is InChI=1S/C25H26N4O4S3/c1-17-11-19-13-21(25(30)26-14-20(15-27-31)35-16-18-7-4-3-5-8-18)28-24(19)22(12-17)29(2)36(32,33)23-9-6-10-34-23/h3-13,20,28H,14-16H2,1-2H3,(H,26,30). The summed E-state index contributed by atoms with van der Waals surface area (Å²) in [5, 5.41) is 8.18. The van der Waals surface area contributed by atoms with E-state index in [0.29, 0.717) is 22.7 Å². The van der Waals surface area contributed by atoms with Gasteiger partial charge in [-0.2, -0.15) is 4.91 Å². The molecule has 0 aliphatic rings. The lowest BCUT2D eigenvalue weighted by atomic mass is 10.1. The van der Waals surface area contributed by atoms with Gasteiger partial charge in [0.15, 0.2) is 0 Å². The van der Waals surface area contributed by atoms with Gasteiger partial charge in [0.25, 0.3) is 15.9 Å². The van der Waals surface area contributed by atoms with Gasteiger partial charge in [-0.3, -0.25) is 9.10 Å². The van der Waals surface area contributed by atoms with Crippen LogP contribution in [0.5, 0.6) is 0 Å². The number of sulfonamides is 1. The first kappa shape index (κ1) is 25.9. The number of anilines is 1. The fourth-order valence-corrected chi connectivity index (χ4v) is 7.11. The van der Waals surface area contributed by atoms with Crippen LogP contribution in [0, 0.1) is 11.8 Å². The molecule has 0 spiro atoms. The van der Waals surface area contributed by atoms with Crippen molar-refractivity contribution in [2.45, 2.75) is 22.1 Å². The second kappa shape index (κ2) is 11.3. The summed E-state index contributed by atoms with van der Waals surface area (Å²) in [6.45, 7) is 2.23. The van der Waals surface area contributed by atoms with E-state index in [1.165, 1.54) is 11.4 Å². The van der Waals surface area contributed by atoms with Crippen LogP contribution >= 0.6 is 23.1 Å². The Balaban J connectivity index is 1.51. The van der Waals surface area contributed by atoms with Crippen LogP contribution in [-0.4, -0.2) is 44.7 Å². The van der Waals surface area contributed by atoms with Crippen molar-refractivity contribution in [3.05, 3.63) is 87.8 Å². The van der Waals surface area contributed by atoms with Gasteiger partial charge >= 0.3 is 0 Å². The van der Waals surface area contributed by atoms with Crippen molar-refractivity contribution in [2.75, 3.05) is 24.4 Å². The normalized spacial score (nSPS) is 12.4. The molecule has 0 aliphatic carbocycles. The number of carbonyl (C=O) groups excluding carboxylic acids is 1. The molecule has 2 heterocycles. The quantitative estimate of drug-likeness (QED) is 0.254. The molecule has 1 atom stereocenters. The lowest BCUT2D eigenvalue weighted by Gasteiger charge is -2.20. The number of hydrogen-bond acceptors (Lipinski definition) is 7. The number of aromatic nitrogens is 1. The van der Waals surface area contributed by atoms with Crippen LogP contribution in [-0.2, 0) is 15.8 Å². The molecule has 0 saturated heterocycles. The monoisotopic (exact) mass is 542 g/mol. The van der Waals surface area contributed by atoms with Gasteiger partial charge in [0.2, 0.25) is 0 Å². The van der Waals surface area contributed by atoms with E-state index in [2.05, 4.69) is 15.5 Å². The van der Waals surface area contributed by atoms with Gasteiger partial charge in [-0.25, -0.2) is 8.42 Å². The lowest BCUT2D eigenvalue weighted by Crippen LogP contribution is -2.32. The summed E-state index contributed by atoms with van der Waals surface area (Å²) in [5.74, 6) is 0.367. The molecular weight excluding hydrogens is 517 g/mol. The highest BCUT2D eigenvalue weighted by atomic mass is 32.2. The van der Waals surface area contributed by atoms with E-state index < -0.39 is 10.0 Å². The Labute approximate surface area is 218 Å². The average molecular weight is 543 g/mol. The fraction of sp³-hybridized carbons (Fsp3) is 0.240. The molecular formula is C25H26N4O4S3. The maximum atomic E-state index is 13.1. The fourth-order valence-electron chi connectivity index (χ4n) is 3.77. The summed E-state index contributed by atoms with van der Waals surface area (Å²) < 4.78 is 27.7. The van der Waals surface area contributed by atoms with Crippen molar-refractivity contribution >= 4 is 55.6 Å². The van der Waals surface area contributed by atoms with E-state index >= 15 is 0 Å². The second-order valence-corrected chi connectivity index (χ2v) is 12.7. The molecule has 2 N–H and O–H groups in total. The number of nitrogens with one attached hydrogen (secondary N) is 2. The highest BCUT2D eigenvalue weighted by Crippen LogP contribution is 2.32. The van der Waals surface area contributed by atoms with Crippen molar-refractivity contribution in [3.63, 3.8) is 0 Å². The third-order valence-corrected chi connectivity index (χ3v) is 10.1. The SMILES string of the molecule is Cc1cc(N(C)S(=O)(=O)c2cccs2)c2[nH]c(C(=O)NCC(CN=O)SCc3ccccc3)cc2c1. The summed E-state index contributed by atoms with van der Waals surface area (Å²) in [6.07, 6.45) is 0. The van der Waals surface area contributed by atoms with Crippen molar-refractivity contribution in [2.24, 2.45) is 5.18 Å². The first-order chi connectivity index (χ1) is 17.3. The summed E-state index contributed by atoms with van der Waals surface area (Å²) in [5.41, 5.74) is 3.32. The molecule has 8 nitrogen and oxygen atoms in total. The molecule has 4 aromatic rings. The number of hydrogen-bond donors (Lipinski definition) is 2. The molecule has 2 aromatic heterocycles. The van der Waals surface area contributed by atoms with Gasteiger partial charge in [0.1, 0.15) is 9.90 Å². The maximum absolute atomic E-state index is 13.1. The van der Waals surface area contributed by atoms with Crippen molar-refractivity contribution in [1.29, 1.82) is 0 Å². The van der Waals surface area contributed by atoms with E-state index in [-0.39, 0.29) is 28.5 Å². The van der Waals surface area contributed by atoms with E-state index in [4.69, 9.17) is 0 Å². The van der Waals surface area contributed by atoms with E-state index in [1.54, 1.807) is 41.4 Å². The lowest BCUT2D eigenvalue weighted by molar-refractivity contribution is 0.0950. The van der Waals surface area contributed by atoms with Gasteiger partial charge < -0.3 is 10.3 Å². The number of H-pyrrole nitrogens is 1. The van der Waals surface area contributed by atoms with Crippen LogP contribution in [0.2, 0.25) is 0 Å². The first-order valence-corrected chi connectivity index (χ1v) is 14.5. The average Bonchev–Trinajstić information content (AvgIpc) is 3.56. The molecule has 0 aliphatic heterocycles. The molecule has 0 bridgehead atoms. The Bertz CT molecular complexity index is 1450. The summed E-state index contributed by atoms with van der Waals surface area (Å²) in [4.78, 5) is 27.0. The molecule has 1 unspecified atom stereocenters. The summed E-state index contributed by atoms with van der Waals surface area (Å²) in [6, 6.07) is 18.5. The van der Waals surface area contributed by atoms with Crippen LogP contribution in [0.3, 0.4) is 0 Å². The Morgan fingerprint density at radius 3 is 2.64 bits per heavy atom. The van der Waals surface area contributed by atoms with Gasteiger partial charge in [-0.15, -0.1) is 23.1 Å². The Morgan fingerprint density at radius 1 is 1.17 bits per heavy atom. The smallest absolute Gasteiger partial charge is 0.273 e. The maximum Gasteiger partial charge on any atom is 0.273 e. The zero-order valence-electron chi connectivity index (χ0n) is 19.8. The van der Waals surface area contributed by atoms with Gasteiger partial charge in [0.05, 0.1) is 17.7 Å². The summed E-state index contributed by atoms with van der Waals surface area (Å²) in [7, 11) is -2.23. The molecule has 2 aromatic carbocycles. The molecule has 4 rings (SSSR count). The van der Waals surface area contributed by atoms with Gasteiger partial charge in [-0.05, 0) is 47.7 Å². The predicted molar refractivity (Wildman–Crippen MR) is 147 cm³/mol. The van der Waals surface area contributed by atoms with Crippen molar-refractivity contribution in [3.8, 4) is 0 Å². The molecule has 0 fully saturated rings. The Morgan fingerprint density at radius 2 is 1.94 bits per heavy atom. The van der Waals surface area contributed by atoms with E-state index in [1.807, 2.05) is 43.3 Å². The molecule has 36 heavy (non-hydrogen) atoms. The van der Waals surface area contributed by atoms with Gasteiger partial charge in [-0.1, -0.05) is 41.6 Å². The highest BCUT2D eigenvalue weighted by Gasteiger charge is 2.25. The number of thioether (sulfide) groups is 1. The minimum atomic E-state index is -3.74. The number of thiophene rings is 1. The predicted octanol–water partition coefficient (Wildman–Crippen LogP) is 5.16. The second-order valence-electron chi connectivity index (χ2n) is 8.28. The summed E-state index contributed by atoms with van der Waals surface area (Å²) >= 11 is 2.71. The Kier molecular flexibility index (Phi) is 8.12. The topological polar surface area (TPSA) is 112 Å². The third-order valence-electron chi connectivity index (χ3n) is 5.64. The third kappa shape index (κ3) is 5.80. The number of rotatable bonds is 11. The molecule has 0 radical (unpaired) electrons. The Hall–Kier alpha value is -3.15. The number of nitrogens with zero attached hydrogens (tertiary/aromatic N) is 2. The number of nitroso groups, excluding NO2 is 1. The van der Waals surface area contributed by atoms with E-state index in [9.17, 15) is 18.1 Å². The van der Waals surface area contributed by atoms with Crippen LogP contribution in [0.1, 0.15) is 21.6 Å². The molecule has 0 saturated carbocycles. The largest absolute Gasteiger partial charge is 0.350 e. The minimum Gasteiger partial charge on any atom is -0.350 e. The molecule has 1 amide bonds. The van der Waals surface area contributed by atoms with Crippen LogP contribution < -0.4 is 9.62 Å². The zero-order valence-corrected chi connectivity index (χ0v) is 22.3. The van der Waals surface area contributed by atoms with Crippen molar-refractivity contribution < 1.29 is 13.2 Å². The van der Waals surface area contributed by atoms with Crippen LogP contribution in [0.4, 0.5) is 5.69 Å². The van der Waals surface area contributed by atoms with Gasteiger partial charge in [0, 0.05) is 30.0 Å². The van der Waals surface area contributed by atoms with Crippen LogP contribution in [0.15, 0.2) is 75.4 Å². The number of benzene rings is 2. The van der Waals surface area contributed by atoms with Crippen LogP contribution in [0.25, 0.3) is 10.9 Å². The number of carbonyl (C=O) groups is 1. The highest BCUT2D eigenvalue weighted by molar-refractivity contribution is 7.99. The molecule has 188 valence electrons. The zero-order chi connectivity index (χ0) is 25.7. The first-order valence-electron chi connectivity index (χ1n) is 11.2. The minimum absolute atomic E-state index is 0.0825. The number of fused-ring (bicyclic) bond motifs is 1. The van der Waals surface area contributed by atoms with Crippen molar-refractivity contribution in [1.82, 2.24) is 10.3 Å². The number of aromatic amines is 1.